The number of benzene rings is 8. The summed E-state index contributed by atoms with van der Waals surface area (Å²) in [5.41, 5.74) is 7.80. The molecule has 12 rings (SSSR count). The molecule has 0 N–H and O–H groups in total. The predicted octanol–water partition coefficient (Wildman–Crippen LogP) is 12.6. The summed E-state index contributed by atoms with van der Waals surface area (Å²) >= 11 is 0. The lowest BCUT2D eigenvalue weighted by Crippen LogP contribution is -2.22. The molecule has 262 valence electrons. The van der Waals surface area contributed by atoms with E-state index in [2.05, 4.69) is 170 Å². The molecule has 1 aliphatic carbocycles. The van der Waals surface area contributed by atoms with E-state index in [1.54, 1.807) is 0 Å². The second-order valence-electron chi connectivity index (χ2n) is 14.7. The van der Waals surface area contributed by atoms with E-state index in [9.17, 15) is 0 Å². The average Bonchev–Trinajstić information content (AvgIpc) is 3.84. The van der Waals surface area contributed by atoms with Crippen molar-refractivity contribution >= 4 is 65.4 Å². The van der Waals surface area contributed by atoms with Crippen LogP contribution in [0.3, 0.4) is 0 Å². The van der Waals surface area contributed by atoms with Gasteiger partial charge in [-0.2, -0.15) is 0 Å². The van der Waals surface area contributed by atoms with E-state index in [1.807, 2.05) is 6.07 Å². The summed E-state index contributed by atoms with van der Waals surface area (Å²) < 4.78 is 13.3. The SMILES string of the molecule is C1=C(c2ccc3c(c2)oc2c4ccccc4ccc32)C=C(c2nc(-c3ccc4ccccc4c3)nc(-c3ccc4ccccc4c3)n2)C2c3ccccc3OC12. The van der Waals surface area contributed by atoms with Crippen LogP contribution in [0.25, 0.3) is 88.2 Å². The predicted molar refractivity (Wildman–Crippen MR) is 226 cm³/mol. The van der Waals surface area contributed by atoms with E-state index >= 15 is 0 Å². The number of furan rings is 1. The molecule has 1 aliphatic heterocycles. The van der Waals surface area contributed by atoms with Crippen molar-refractivity contribution < 1.29 is 9.15 Å². The number of fused-ring (bicyclic) bond motifs is 10. The van der Waals surface area contributed by atoms with Gasteiger partial charge in [0.25, 0.3) is 0 Å². The van der Waals surface area contributed by atoms with Crippen molar-refractivity contribution in [3.8, 4) is 28.5 Å². The first kappa shape index (κ1) is 31.0. The molecule has 0 saturated heterocycles. The molecule has 8 aromatic carbocycles. The van der Waals surface area contributed by atoms with Gasteiger partial charge in [-0.3, -0.25) is 0 Å². The van der Waals surface area contributed by atoms with Crippen molar-refractivity contribution in [1.82, 2.24) is 15.0 Å². The first-order valence-electron chi connectivity index (χ1n) is 19.0. The lowest BCUT2D eigenvalue weighted by atomic mass is 9.80. The maximum absolute atomic E-state index is 6.71. The molecule has 56 heavy (non-hydrogen) atoms. The van der Waals surface area contributed by atoms with E-state index in [0.717, 1.165) is 82.6 Å². The Kier molecular flexibility index (Phi) is 6.69. The average molecular weight is 718 g/mol. The topological polar surface area (TPSA) is 61.0 Å². The number of hydrogen-bond acceptors (Lipinski definition) is 5. The highest BCUT2D eigenvalue weighted by molar-refractivity contribution is 6.15. The Morgan fingerprint density at radius 3 is 1.79 bits per heavy atom. The normalized spacial score (nSPS) is 16.2. The number of hydrogen-bond donors (Lipinski definition) is 0. The smallest absolute Gasteiger partial charge is 0.164 e. The van der Waals surface area contributed by atoms with Crippen LogP contribution in [0.2, 0.25) is 0 Å². The van der Waals surface area contributed by atoms with Gasteiger partial charge in [-0.05, 0) is 86.6 Å². The third kappa shape index (κ3) is 4.91. The minimum Gasteiger partial charge on any atom is -0.485 e. The number of aromatic nitrogens is 3. The summed E-state index contributed by atoms with van der Waals surface area (Å²) in [5, 5.41) is 9.08. The van der Waals surface area contributed by atoms with Gasteiger partial charge in [-0.15, -0.1) is 0 Å². The van der Waals surface area contributed by atoms with Crippen LogP contribution in [0.5, 0.6) is 5.75 Å². The molecule has 0 bridgehead atoms. The molecule has 2 atom stereocenters. The van der Waals surface area contributed by atoms with Crippen molar-refractivity contribution in [3.05, 3.63) is 193 Å². The molecule has 10 aromatic rings. The molecule has 2 aliphatic rings. The maximum atomic E-state index is 6.71. The van der Waals surface area contributed by atoms with Crippen molar-refractivity contribution in [2.75, 3.05) is 0 Å². The van der Waals surface area contributed by atoms with Gasteiger partial charge >= 0.3 is 0 Å². The molecule has 0 fully saturated rings. The molecule has 3 heterocycles. The van der Waals surface area contributed by atoms with E-state index in [0.29, 0.717) is 17.5 Å². The summed E-state index contributed by atoms with van der Waals surface area (Å²) in [5.74, 6) is 2.65. The Balaban J connectivity index is 1.06. The number of para-hydroxylation sites is 1. The van der Waals surface area contributed by atoms with Crippen molar-refractivity contribution in [2.45, 2.75) is 12.0 Å². The molecule has 0 radical (unpaired) electrons. The van der Waals surface area contributed by atoms with E-state index in [1.165, 1.54) is 10.8 Å². The molecular formula is C51H31N3O2. The summed E-state index contributed by atoms with van der Waals surface area (Å²) in [6.07, 6.45) is 4.24. The van der Waals surface area contributed by atoms with Gasteiger partial charge in [0.05, 0.1) is 5.92 Å². The van der Waals surface area contributed by atoms with Gasteiger partial charge in [0.15, 0.2) is 17.5 Å². The Morgan fingerprint density at radius 2 is 1.04 bits per heavy atom. The Morgan fingerprint density at radius 1 is 0.446 bits per heavy atom. The van der Waals surface area contributed by atoms with Gasteiger partial charge in [0.2, 0.25) is 0 Å². The molecule has 0 saturated carbocycles. The lowest BCUT2D eigenvalue weighted by Gasteiger charge is -2.25. The van der Waals surface area contributed by atoms with Gasteiger partial charge < -0.3 is 9.15 Å². The van der Waals surface area contributed by atoms with Crippen LogP contribution in [0.4, 0.5) is 0 Å². The van der Waals surface area contributed by atoms with E-state index < -0.39 is 0 Å². The van der Waals surface area contributed by atoms with Crippen molar-refractivity contribution in [1.29, 1.82) is 0 Å². The molecule has 5 heteroatoms. The zero-order valence-corrected chi connectivity index (χ0v) is 30.1. The molecule has 5 nitrogen and oxygen atoms in total. The van der Waals surface area contributed by atoms with Crippen LogP contribution in [0, 0.1) is 0 Å². The minimum atomic E-state index is -0.247. The second kappa shape index (κ2) is 12.1. The Labute approximate surface area is 321 Å². The molecule has 0 amide bonds. The largest absolute Gasteiger partial charge is 0.485 e. The van der Waals surface area contributed by atoms with Crippen LogP contribution >= 0.6 is 0 Å². The zero-order valence-electron chi connectivity index (χ0n) is 30.1. The summed E-state index contributed by atoms with van der Waals surface area (Å²) in [4.78, 5) is 15.8. The van der Waals surface area contributed by atoms with Crippen LogP contribution < -0.4 is 4.74 Å². The van der Waals surface area contributed by atoms with Crippen LogP contribution in [0.1, 0.15) is 22.9 Å². The van der Waals surface area contributed by atoms with Crippen molar-refractivity contribution in [2.24, 2.45) is 0 Å². The highest BCUT2D eigenvalue weighted by atomic mass is 16.5. The maximum Gasteiger partial charge on any atom is 0.164 e. The van der Waals surface area contributed by atoms with Gasteiger partial charge in [-0.25, -0.2) is 15.0 Å². The molecule has 2 aromatic heterocycles. The first-order valence-corrected chi connectivity index (χ1v) is 19.0. The Bertz CT molecular complexity index is 3220. The van der Waals surface area contributed by atoms with Crippen molar-refractivity contribution in [3.63, 3.8) is 0 Å². The highest BCUT2D eigenvalue weighted by Gasteiger charge is 2.40. The summed E-state index contributed by atoms with van der Waals surface area (Å²) in [7, 11) is 0. The standard InChI is InChI=1S/C51H31N3O2/c1-3-12-33-25-36(19-17-30(33)9-1)49-52-50(37-20-18-31-10-2-4-13-34(31)26-37)54-51(53-49)43-27-38(29-46-47(43)42-15-7-8-16-44(42)55-46)35-22-23-40-41-24-21-32-11-5-6-14-39(32)48(41)56-45(40)28-35/h1-29,46-47H. The minimum absolute atomic E-state index is 0.104. The highest BCUT2D eigenvalue weighted by Crippen LogP contribution is 2.50. The van der Waals surface area contributed by atoms with Crippen LogP contribution in [0.15, 0.2) is 180 Å². The third-order valence-corrected chi connectivity index (χ3v) is 11.4. The van der Waals surface area contributed by atoms with Crippen LogP contribution in [-0.4, -0.2) is 21.1 Å². The molecule has 2 unspecified atom stereocenters. The summed E-state index contributed by atoms with van der Waals surface area (Å²) in [6.45, 7) is 0. The molecular weight excluding hydrogens is 687 g/mol. The van der Waals surface area contributed by atoms with E-state index in [-0.39, 0.29) is 12.0 Å². The number of nitrogens with zero attached hydrogens (tertiary/aromatic N) is 3. The first-order chi connectivity index (χ1) is 27.7. The van der Waals surface area contributed by atoms with Gasteiger partial charge in [-0.1, -0.05) is 127 Å². The zero-order chi connectivity index (χ0) is 36.7. The van der Waals surface area contributed by atoms with E-state index in [4.69, 9.17) is 24.1 Å². The molecule has 0 spiro atoms. The number of rotatable bonds is 4. The fourth-order valence-electron chi connectivity index (χ4n) is 8.68. The van der Waals surface area contributed by atoms with Crippen LogP contribution in [-0.2, 0) is 0 Å². The third-order valence-electron chi connectivity index (χ3n) is 11.4. The second-order valence-corrected chi connectivity index (χ2v) is 14.7. The lowest BCUT2D eigenvalue weighted by molar-refractivity contribution is 0.272. The summed E-state index contributed by atoms with van der Waals surface area (Å²) in [6, 6.07) is 57.1. The monoisotopic (exact) mass is 717 g/mol. The van der Waals surface area contributed by atoms with Gasteiger partial charge in [0, 0.05) is 38.4 Å². The number of ether oxygens (including phenoxy) is 1. The quantitative estimate of drug-likeness (QED) is 0.181. The fraction of sp³-hybridized carbons (Fsp3) is 0.0392. The Hall–Kier alpha value is -7.37. The van der Waals surface area contributed by atoms with Gasteiger partial charge in [0.1, 0.15) is 23.0 Å². The fourth-order valence-corrected chi connectivity index (χ4v) is 8.68. The number of allylic oxidation sites excluding steroid dienone is 2.